The van der Waals surface area contributed by atoms with Crippen molar-refractivity contribution >= 4 is 44.8 Å². The monoisotopic (exact) mass is 357 g/mol. The van der Waals surface area contributed by atoms with E-state index in [2.05, 4.69) is 0 Å². The maximum atomic E-state index is 12.6. The summed E-state index contributed by atoms with van der Waals surface area (Å²) in [5.41, 5.74) is 0.439. The zero-order chi connectivity index (χ0) is 15.5. The summed E-state index contributed by atoms with van der Waals surface area (Å²) < 4.78 is 26.7. The molecule has 0 aliphatic rings. The lowest BCUT2D eigenvalue weighted by Crippen LogP contribution is -2.36. The van der Waals surface area contributed by atoms with E-state index in [1.165, 1.54) is 16.4 Å². The van der Waals surface area contributed by atoms with Crippen molar-refractivity contribution in [1.29, 1.82) is 0 Å². The summed E-state index contributed by atoms with van der Waals surface area (Å²) in [6, 6.07) is 2.87. The van der Waals surface area contributed by atoms with E-state index in [4.69, 9.17) is 34.8 Å². The van der Waals surface area contributed by atoms with Crippen LogP contribution in [0.5, 0.6) is 0 Å². The number of alkyl halides is 1. The van der Waals surface area contributed by atoms with E-state index in [-0.39, 0.29) is 21.8 Å². The Morgan fingerprint density at radius 2 is 1.75 bits per heavy atom. The molecule has 0 unspecified atom stereocenters. The second-order valence-corrected chi connectivity index (χ2v) is 7.48. The zero-order valence-corrected chi connectivity index (χ0v) is 14.7. The van der Waals surface area contributed by atoms with Gasteiger partial charge in [-0.1, -0.05) is 37.0 Å². The standard InChI is InChI=1S/C13H18Cl3NO2S/c1-4-9(5-2)17(3)20(18,19)12-7-6-11(15)10(8-14)13(12)16/h6-7,9H,4-5,8H2,1-3H3. The van der Waals surface area contributed by atoms with Gasteiger partial charge in [-0.2, -0.15) is 4.31 Å². The van der Waals surface area contributed by atoms with Crippen LogP contribution in [0.1, 0.15) is 32.3 Å². The molecule has 7 heteroatoms. The maximum absolute atomic E-state index is 12.6. The summed E-state index contributed by atoms with van der Waals surface area (Å²) in [5, 5.41) is 0.472. The molecule has 0 bridgehead atoms. The highest BCUT2D eigenvalue weighted by Gasteiger charge is 2.29. The molecule has 114 valence electrons. The molecule has 0 radical (unpaired) electrons. The predicted molar refractivity (Wildman–Crippen MR) is 85.3 cm³/mol. The molecule has 1 aromatic carbocycles. The van der Waals surface area contributed by atoms with Gasteiger partial charge in [0.25, 0.3) is 0 Å². The van der Waals surface area contributed by atoms with Crippen molar-refractivity contribution in [3.8, 4) is 0 Å². The normalized spacial score (nSPS) is 12.4. The van der Waals surface area contributed by atoms with Crippen molar-refractivity contribution in [2.45, 2.75) is 43.5 Å². The van der Waals surface area contributed by atoms with E-state index in [9.17, 15) is 8.42 Å². The number of sulfonamides is 1. The first-order valence-corrected chi connectivity index (χ1v) is 9.05. The van der Waals surface area contributed by atoms with Crippen LogP contribution >= 0.6 is 34.8 Å². The molecule has 0 saturated carbocycles. The summed E-state index contributed by atoms with van der Waals surface area (Å²) in [6.45, 7) is 3.90. The summed E-state index contributed by atoms with van der Waals surface area (Å²) in [6.07, 6.45) is 1.47. The molecule has 0 amide bonds. The van der Waals surface area contributed by atoms with E-state index in [1.54, 1.807) is 7.05 Å². The number of nitrogens with zero attached hydrogens (tertiary/aromatic N) is 1. The number of halogens is 3. The Kier molecular flexibility index (Phi) is 6.61. The van der Waals surface area contributed by atoms with Crippen LogP contribution in [0.4, 0.5) is 0 Å². The average Bonchev–Trinajstić information content (AvgIpc) is 2.40. The van der Waals surface area contributed by atoms with Gasteiger partial charge in [0, 0.05) is 23.7 Å². The van der Waals surface area contributed by atoms with Crippen LogP contribution in [0, 0.1) is 0 Å². The van der Waals surface area contributed by atoms with Crippen molar-refractivity contribution in [2.75, 3.05) is 7.05 Å². The lowest BCUT2D eigenvalue weighted by atomic mass is 10.2. The van der Waals surface area contributed by atoms with Gasteiger partial charge < -0.3 is 0 Å². The molecule has 0 aliphatic heterocycles. The quantitative estimate of drug-likeness (QED) is 0.700. The third-order valence-electron chi connectivity index (χ3n) is 3.40. The molecule has 0 heterocycles. The van der Waals surface area contributed by atoms with Gasteiger partial charge in [0.2, 0.25) is 10.0 Å². The molecule has 1 aromatic rings. The van der Waals surface area contributed by atoms with Gasteiger partial charge in [-0.15, -0.1) is 11.6 Å². The third-order valence-corrected chi connectivity index (χ3v) is 6.52. The van der Waals surface area contributed by atoms with Gasteiger partial charge in [-0.25, -0.2) is 8.42 Å². The largest absolute Gasteiger partial charge is 0.244 e. The van der Waals surface area contributed by atoms with Crippen LogP contribution in [0.2, 0.25) is 10.0 Å². The summed E-state index contributed by atoms with van der Waals surface area (Å²) in [4.78, 5) is 0.0496. The van der Waals surface area contributed by atoms with Crippen molar-refractivity contribution in [2.24, 2.45) is 0 Å². The highest BCUT2D eigenvalue weighted by molar-refractivity contribution is 7.89. The van der Waals surface area contributed by atoms with Crippen molar-refractivity contribution in [1.82, 2.24) is 4.31 Å². The van der Waals surface area contributed by atoms with Gasteiger partial charge in [-0.05, 0) is 25.0 Å². The van der Waals surface area contributed by atoms with Gasteiger partial charge in [0.15, 0.2) is 0 Å². The van der Waals surface area contributed by atoms with E-state index in [0.29, 0.717) is 10.6 Å². The van der Waals surface area contributed by atoms with Crippen LogP contribution in [0.15, 0.2) is 17.0 Å². The SMILES string of the molecule is CCC(CC)N(C)S(=O)(=O)c1ccc(Cl)c(CCl)c1Cl. The first-order chi connectivity index (χ1) is 9.31. The van der Waals surface area contributed by atoms with Crippen LogP contribution in [-0.2, 0) is 15.9 Å². The summed E-state index contributed by atoms with van der Waals surface area (Å²) in [5.74, 6) is 0.0652. The Bertz CT molecular complexity index is 571. The molecule has 0 N–H and O–H groups in total. The molecule has 3 nitrogen and oxygen atoms in total. The first kappa shape index (κ1) is 18.1. The average molecular weight is 359 g/mol. The fourth-order valence-corrected chi connectivity index (χ4v) is 4.85. The second-order valence-electron chi connectivity index (χ2n) is 4.46. The topological polar surface area (TPSA) is 37.4 Å². The minimum absolute atomic E-state index is 0.0496. The molecule has 0 fully saturated rings. The molecular formula is C13H18Cl3NO2S. The molecule has 0 saturated heterocycles. The second kappa shape index (κ2) is 7.32. The fourth-order valence-electron chi connectivity index (χ4n) is 2.05. The zero-order valence-electron chi connectivity index (χ0n) is 11.7. The molecule has 0 atom stereocenters. The Morgan fingerprint density at radius 3 is 2.20 bits per heavy atom. The molecule has 0 aromatic heterocycles. The van der Waals surface area contributed by atoms with Crippen molar-refractivity contribution < 1.29 is 8.42 Å². The highest BCUT2D eigenvalue weighted by Crippen LogP contribution is 2.34. The van der Waals surface area contributed by atoms with Crippen molar-refractivity contribution in [3.63, 3.8) is 0 Å². The maximum Gasteiger partial charge on any atom is 0.244 e. The van der Waals surface area contributed by atoms with Gasteiger partial charge in [0.05, 0.1) is 10.9 Å². The van der Waals surface area contributed by atoms with E-state index in [1.807, 2.05) is 13.8 Å². The molecule has 20 heavy (non-hydrogen) atoms. The van der Waals surface area contributed by atoms with Crippen LogP contribution in [0.25, 0.3) is 0 Å². The fraction of sp³-hybridized carbons (Fsp3) is 0.538. The van der Waals surface area contributed by atoms with E-state index in [0.717, 1.165) is 12.8 Å². The molecule has 0 aliphatic carbocycles. The van der Waals surface area contributed by atoms with Crippen LogP contribution in [-0.4, -0.2) is 25.8 Å². The number of benzene rings is 1. The summed E-state index contributed by atoms with van der Waals surface area (Å²) >= 11 is 17.9. The smallest absolute Gasteiger partial charge is 0.207 e. The molecule has 1 rings (SSSR count). The van der Waals surface area contributed by atoms with Gasteiger partial charge in [-0.3, -0.25) is 0 Å². The lowest BCUT2D eigenvalue weighted by Gasteiger charge is -2.26. The van der Waals surface area contributed by atoms with E-state index >= 15 is 0 Å². The number of hydrogen-bond acceptors (Lipinski definition) is 2. The molecule has 0 spiro atoms. The third kappa shape index (κ3) is 3.42. The summed E-state index contributed by atoms with van der Waals surface area (Å²) in [7, 11) is -2.09. The van der Waals surface area contributed by atoms with Gasteiger partial charge in [0.1, 0.15) is 4.90 Å². The van der Waals surface area contributed by atoms with Gasteiger partial charge >= 0.3 is 0 Å². The minimum atomic E-state index is -3.66. The predicted octanol–water partition coefficient (Wildman–Crippen LogP) is 4.54. The number of hydrogen-bond donors (Lipinski definition) is 0. The Balaban J connectivity index is 3.36. The Morgan fingerprint density at radius 1 is 1.20 bits per heavy atom. The lowest BCUT2D eigenvalue weighted by molar-refractivity contribution is 0.349. The highest BCUT2D eigenvalue weighted by atomic mass is 35.5. The first-order valence-electron chi connectivity index (χ1n) is 6.32. The molecular weight excluding hydrogens is 341 g/mol. The Hall–Kier alpha value is -0.000000000000000167. The number of rotatable bonds is 6. The van der Waals surface area contributed by atoms with E-state index < -0.39 is 10.0 Å². The van der Waals surface area contributed by atoms with Crippen LogP contribution < -0.4 is 0 Å². The van der Waals surface area contributed by atoms with Crippen molar-refractivity contribution in [3.05, 3.63) is 27.7 Å². The van der Waals surface area contributed by atoms with Crippen LogP contribution in [0.3, 0.4) is 0 Å². The minimum Gasteiger partial charge on any atom is -0.207 e. The Labute approximate surface area is 135 Å².